The number of hydrogen-bond donors (Lipinski definition) is 1. The van der Waals surface area contributed by atoms with Crippen molar-refractivity contribution in [1.29, 1.82) is 0 Å². The molecule has 2 saturated heterocycles. The fourth-order valence-electron chi connectivity index (χ4n) is 4.27. The van der Waals surface area contributed by atoms with Gasteiger partial charge >= 0.3 is 6.03 Å². The zero-order valence-electron chi connectivity index (χ0n) is 17.6. The van der Waals surface area contributed by atoms with E-state index in [9.17, 15) is 9.59 Å². The first kappa shape index (κ1) is 20.8. The minimum absolute atomic E-state index is 0.0353. The van der Waals surface area contributed by atoms with Gasteiger partial charge in [0.1, 0.15) is 6.61 Å². The maximum absolute atomic E-state index is 12.8. The van der Waals surface area contributed by atoms with E-state index >= 15 is 0 Å². The number of nitrogens with one attached hydrogen (secondary N) is 1. The molecule has 1 N–H and O–H groups in total. The van der Waals surface area contributed by atoms with Crippen LogP contribution in [0.3, 0.4) is 0 Å². The van der Waals surface area contributed by atoms with Crippen LogP contribution < -0.4 is 14.8 Å². The predicted molar refractivity (Wildman–Crippen MR) is 113 cm³/mol. The van der Waals surface area contributed by atoms with Crippen LogP contribution in [0, 0.1) is 0 Å². The number of hydrogen-bond acceptors (Lipinski definition) is 5. The largest absolute Gasteiger partial charge is 0.485 e. The summed E-state index contributed by atoms with van der Waals surface area (Å²) in [4.78, 5) is 31.3. The van der Waals surface area contributed by atoms with Crippen molar-refractivity contribution >= 4 is 11.9 Å². The molecule has 164 valence electrons. The third-order valence-corrected chi connectivity index (χ3v) is 6.04. The number of rotatable bonds is 5. The van der Waals surface area contributed by atoms with Gasteiger partial charge in [0.05, 0.1) is 0 Å². The highest BCUT2D eigenvalue weighted by molar-refractivity contribution is 5.82. The van der Waals surface area contributed by atoms with Gasteiger partial charge in [0.25, 0.3) is 5.91 Å². The summed E-state index contributed by atoms with van der Waals surface area (Å²) in [5.41, 5.74) is 0. The maximum Gasteiger partial charge on any atom is 0.317 e. The molecule has 1 unspecified atom stereocenters. The highest BCUT2D eigenvalue weighted by Gasteiger charge is 2.33. The van der Waals surface area contributed by atoms with Crippen LogP contribution in [0.5, 0.6) is 11.5 Å². The number of nitrogens with zero attached hydrogens (tertiary/aromatic N) is 3. The number of piperidine rings is 1. The Bertz CT molecular complexity index is 730. The Balaban J connectivity index is 1.15. The average Bonchev–Trinajstić information content (AvgIpc) is 2.81. The second-order valence-corrected chi connectivity index (χ2v) is 8.16. The Hall–Kier alpha value is -2.48. The minimum atomic E-state index is -0.630. The molecule has 0 radical (unpaired) electrons. The Morgan fingerprint density at radius 2 is 1.63 bits per heavy atom. The second kappa shape index (κ2) is 10.0. The number of carbonyl (C=O) groups excluding carboxylic acids is 2. The number of urea groups is 1. The summed E-state index contributed by atoms with van der Waals surface area (Å²) in [5.74, 6) is 1.19. The number of benzene rings is 1. The predicted octanol–water partition coefficient (Wildman–Crippen LogP) is 1.56. The molecule has 3 aliphatic heterocycles. The molecule has 2 fully saturated rings. The quantitative estimate of drug-likeness (QED) is 0.738. The third kappa shape index (κ3) is 5.16. The highest BCUT2D eigenvalue weighted by atomic mass is 16.6. The summed E-state index contributed by atoms with van der Waals surface area (Å²) < 4.78 is 11.5. The maximum atomic E-state index is 12.8. The molecule has 0 aromatic heterocycles. The smallest absolute Gasteiger partial charge is 0.317 e. The zero-order chi connectivity index (χ0) is 20.8. The molecule has 0 spiro atoms. The van der Waals surface area contributed by atoms with Crippen molar-refractivity contribution < 1.29 is 19.1 Å². The van der Waals surface area contributed by atoms with Gasteiger partial charge in [-0.05, 0) is 51.0 Å². The Morgan fingerprint density at radius 3 is 2.40 bits per heavy atom. The molecule has 3 heterocycles. The lowest BCUT2D eigenvalue weighted by Crippen LogP contribution is -2.56. The summed E-state index contributed by atoms with van der Waals surface area (Å²) in [6, 6.07) is 7.34. The van der Waals surface area contributed by atoms with Gasteiger partial charge in [-0.3, -0.25) is 4.79 Å². The molecule has 30 heavy (non-hydrogen) atoms. The average molecular weight is 417 g/mol. The van der Waals surface area contributed by atoms with Gasteiger partial charge in [0, 0.05) is 32.7 Å². The fraction of sp³-hybridized carbons (Fsp3) is 0.636. The van der Waals surface area contributed by atoms with Crippen molar-refractivity contribution in [1.82, 2.24) is 20.0 Å². The number of fused-ring (bicyclic) bond motifs is 1. The van der Waals surface area contributed by atoms with E-state index in [0.29, 0.717) is 44.2 Å². The van der Waals surface area contributed by atoms with Gasteiger partial charge < -0.3 is 29.5 Å². The standard InChI is InChI=1S/C22H32N4O4/c27-21(20-17-29-18-7-2-3-8-19(18)30-20)25-13-15-26(16-14-25)22(28)23-9-6-12-24-10-4-1-5-11-24/h2-3,7-8,20H,1,4-6,9-17H2,(H,23,28). The van der Waals surface area contributed by atoms with Crippen LogP contribution in [-0.4, -0.2) is 91.7 Å². The highest BCUT2D eigenvalue weighted by Crippen LogP contribution is 2.31. The molecule has 0 saturated carbocycles. The first-order valence-electron chi connectivity index (χ1n) is 11.1. The SMILES string of the molecule is O=C(NCCCN1CCCCC1)N1CCN(C(=O)C2COc3ccccc3O2)CC1. The third-order valence-electron chi connectivity index (χ3n) is 6.04. The molecule has 1 atom stereocenters. The van der Waals surface area contributed by atoms with Crippen molar-refractivity contribution in [3.63, 3.8) is 0 Å². The summed E-state index contributed by atoms with van der Waals surface area (Å²) in [6.07, 6.45) is 4.27. The monoisotopic (exact) mass is 416 g/mol. The van der Waals surface area contributed by atoms with Crippen LogP contribution in [0.1, 0.15) is 25.7 Å². The van der Waals surface area contributed by atoms with E-state index in [4.69, 9.17) is 9.47 Å². The number of carbonyl (C=O) groups is 2. The van der Waals surface area contributed by atoms with Crippen molar-refractivity contribution in [3.05, 3.63) is 24.3 Å². The molecular weight excluding hydrogens is 384 g/mol. The molecule has 0 bridgehead atoms. The van der Waals surface area contributed by atoms with Crippen LogP contribution >= 0.6 is 0 Å². The summed E-state index contributed by atoms with van der Waals surface area (Å²) in [6.45, 7) is 6.44. The first-order chi connectivity index (χ1) is 14.7. The minimum Gasteiger partial charge on any atom is -0.485 e. The topological polar surface area (TPSA) is 74.4 Å². The summed E-state index contributed by atoms with van der Waals surface area (Å²) >= 11 is 0. The first-order valence-corrected chi connectivity index (χ1v) is 11.1. The number of piperazine rings is 1. The lowest BCUT2D eigenvalue weighted by atomic mass is 10.1. The van der Waals surface area contributed by atoms with E-state index in [1.807, 2.05) is 24.3 Å². The normalized spacial score (nSPS) is 21.9. The zero-order valence-corrected chi connectivity index (χ0v) is 17.6. The van der Waals surface area contributed by atoms with Gasteiger partial charge in [-0.25, -0.2) is 4.79 Å². The van der Waals surface area contributed by atoms with E-state index in [1.165, 1.54) is 32.4 Å². The van der Waals surface area contributed by atoms with Crippen LogP contribution in [0.2, 0.25) is 0 Å². The van der Waals surface area contributed by atoms with Gasteiger partial charge in [0.15, 0.2) is 11.5 Å². The number of ether oxygens (including phenoxy) is 2. The second-order valence-electron chi connectivity index (χ2n) is 8.16. The van der Waals surface area contributed by atoms with E-state index in [-0.39, 0.29) is 18.5 Å². The molecule has 8 nitrogen and oxygen atoms in total. The van der Waals surface area contributed by atoms with Crippen LogP contribution in [-0.2, 0) is 4.79 Å². The lowest BCUT2D eigenvalue weighted by molar-refractivity contribution is -0.142. The van der Waals surface area contributed by atoms with Crippen molar-refractivity contribution in [2.24, 2.45) is 0 Å². The van der Waals surface area contributed by atoms with E-state index in [2.05, 4.69) is 10.2 Å². The van der Waals surface area contributed by atoms with Crippen molar-refractivity contribution in [3.8, 4) is 11.5 Å². The Labute approximate surface area is 178 Å². The number of likely N-dealkylation sites (tertiary alicyclic amines) is 1. The lowest BCUT2D eigenvalue weighted by Gasteiger charge is -2.37. The van der Waals surface area contributed by atoms with Gasteiger partial charge in [-0.15, -0.1) is 0 Å². The summed E-state index contributed by atoms with van der Waals surface area (Å²) in [7, 11) is 0. The fourth-order valence-corrected chi connectivity index (χ4v) is 4.27. The van der Waals surface area contributed by atoms with Crippen molar-refractivity contribution in [2.45, 2.75) is 31.8 Å². The molecule has 3 aliphatic rings. The number of para-hydroxylation sites is 2. The van der Waals surface area contributed by atoms with Crippen LogP contribution in [0.25, 0.3) is 0 Å². The summed E-state index contributed by atoms with van der Waals surface area (Å²) in [5, 5.41) is 3.02. The Morgan fingerprint density at radius 1 is 0.933 bits per heavy atom. The Kier molecular flexibility index (Phi) is 6.94. The molecule has 1 aromatic carbocycles. The van der Waals surface area contributed by atoms with E-state index < -0.39 is 6.10 Å². The van der Waals surface area contributed by atoms with Gasteiger partial charge in [-0.1, -0.05) is 18.6 Å². The van der Waals surface area contributed by atoms with Gasteiger partial charge in [-0.2, -0.15) is 0 Å². The van der Waals surface area contributed by atoms with Crippen molar-refractivity contribution in [2.75, 3.05) is 59.0 Å². The van der Waals surface area contributed by atoms with Crippen LogP contribution in [0.15, 0.2) is 24.3 Å². The molecule has 8 heteroatoms. The molecule has 3 amide bonds. The van der Waals surface area contributed by atoms with Gasteiger partial charge in [0.2, 0.25) is 6.10 Å². The molecule has 4 rings (SSSR count). The molecule has 1 aromatic rings. The molecule has 0 aliphatic carbocycles. The van der Waals surface area contributed by atoms with E-state index in [1.54, 1.807) is 9.80 Å². The number of amides is 3. The van der Waals surface area contributed by atoms with Crippen LogP contribution in [0.4, 0.5) is 4.79 Å². The molecular formula is C22H32N4O4. The van der Waals surface area contributed by atoms with E-state index in [0.717, 1.165) is 13.0 Å².